The van der Waals surface area contributed by atoms with Gasteiger partial charge in [-0.05, 0) is 78.5 Å². The van der Waals surface area contributed by atoms with Gasteiger partial charge in [-0.3, -0.25) is 9.69 Å². The monoisotopic (exact) mass is 457 g/mol. The summed E-state index contributed by atoms with van der Waals surface area (Å²) in [7, 11) is 0. The molecule has 3 saturated heterocycles. The first-order valence-electron chi connectivity index (χ1n) is 13.0. The van der Waals surface area contributed by atoms with Crippen LogP contribution in [-0.2, 0) is 9.53 Å². The van der Waals surface area contributed by atoms with Crippen LogP contribution in [0.3, 0.4) is 0 Å². The van der Waals surface area contributed by atoms with Crippen molar-refractivity contribution < 1.29 is 9.53 Å². The zero-order valence-corrected chi connectivity index (χ0v) is 19.9. The van der Waals surface area contributed by atoms with Gasteiger partial charge in [0.05, 0.1) is 19.1 Å². The van der Waals surface area contributed by atoms with Gasteiger partial charge in [-0.1, -0.05) is 48.5 Å². The van der Waals surface area contributed by atoms with E-state index >= 15 is 0 Å². The number of fused-ring (bicyclic) bond motifs is 2. The minimum atomic E-state index is -0.0176. The molecule has 6 rings (SSSR count). The molecule has 0 aliphatic carbocycles. The zero-order chi connectivity index (χ0) is 22.9. The number of nitrogens with one attached hydrogen (secondary N) is 1. The lowest BCUT2D eigenvalue weighted by Crippen LogP contribution is -2.53. The maximum absolute atomic E-state index is 14.1. The lowest BCUT2D eigenvalue weighted by atomic mass is 9.78. The van der Waals surface area contributed by atoms with E-state index in [4.69, 9.17) is 4.74 Å². The summed E-state index contributed by atoms with van der Waals surface area (Å²) in [5.74, 6) is 0.305. The molecule has 5 heteroatoms. The standard InChI is InChI=1S/C29H35N3O2/c33-29(31-16-18-34-19-17-31)26-10-5-15-32(23-11-13-30-14-12-23)28(26)27-24-8-3-1-6-21(24)20-22-7-2-4-9-25(22)27/h1-4,6-9,20,23,26,28,30H,5,10-19H2/t26?,28-/m1/s1. The van der Waals surface area contributed by atoms with E-state index in [9.17, 15) is 4.79 Å². The van der Waals surface area contributed by atoms with Crippen LogP contribution in [-0.4, -0.2) is 67.7 Å². The van der Waals surface area contributed by atoms with E-state index in [-0.39, 0.29) is 12.0 Å². The molecule has 3 fully saturated rings. The maximum atomic E-state index is 14.1. The van der Waals surface area contributed by atoms with E-state index in [2.05, 4.69) is 69.7 Å². The Kier molecular flexibility index (Phi) is 6.25. The molecule has 5 nitrogen and oxygen atoms in total. The molecule has 1 unspecified atom stereocenters. The molecular formula is C29H35N3O2. The highest BCUT2D eigenvalue weighted by atomic mass is 16.5. The molecule has 0 bridgehead atoms. The van der Waals surface area contributed by atoms with Crippen molar-refractivity contribution in [1.29, 1.82) is 0 Å². The zero-order valence-electron chi connectivity index (χ0n) is 19.9. The van der Waals surface area contributed by atoms with Gasteiger partial charge < -0.3 is 15.0 Å². The summed E-state index contributed by atoms with van der Waals surface area (Å²) in [5.41, 5.74) is 1.36. The van der Waals surface area contributed by atoms with Crippen LogP contribution < -0.4 is 5.32 Å². The predicted molar refractivity (Wildman–Crippen MR) is 137 cm³/mol. The summed E-state index contributed by atoms with van der Waals surface area (Å²) in [6.45, 7) is 5.92. The number of likely N-dealkylation sites (tertiary alicyclic amines) is 1. The minimum Gasteiger partial charge on any atom is -0.378 e. The Balaban J connectivity index is 1.53. The molecule has 3 aliphatic rings. The number of carbonyl (C=O) groups excluding carboxylic acids is 1. The molecule has 3 aliphatic heterocycles. The van der Waals surface area contributed by atoms with Crippen LogP contribution in [0.2, 0.25) is 0 Å². The third-order valence-electron chi connectivity index (χ3n) is 8.20. The number of piperidine rings is 2. The molecule has 3 aromatic carbocycles. The van der Waals surface area contributed by atoms with E-state index in [1.54, 1.807) is 0 Å². The number of hydrogen-bond acceptors (Lipinski definition) is 4. The molecule has 1 amide bonds. The molecule has 178 valence electrons. The van der Waals surface area contributed by atoms with Crippen molar-refractivity contribution in [2.45, 2.75) is 37.8 Å². The van der Waals surface area contributed by atoms with E-state index in [0.717, 1.165) is 45.3 Å². The number of hydrogen-bond donors (Lipinski definition) is 1. The van der Waals surface area contributed by atoms with Crippen LogP contribution in [0.1, 0.15) is 37.3 Å². The average Bonchev–Trinajstić information content (AvgIpc) is 2.92. The third-order valence-corrected chi connectivity index (χ3v) is 8.20. The lowest BCUT2D eigenvalue weighted by Gasteiger charge is -2.48. The maximum Gasteiger partial charge on any atom is 0.227 e. The Labute approximate surface area is 202 Å². The van der Waals surface area contributed by atoms with E-state index in [1.165, 1.54) is 27.1 Å². The Bertz CT molecular complexity index is 1110. The van der Waals surface area contributed by atoms with Crippen LogP contribution in [0, 0.1) is 5.92 Å². The van der Waals surface area contributed by atoms with Crippen molar-refractivity contribution in [2.75, 3.05) is 45.9 Å². The molecule has 0 aromatic heterocycles. The molecule has 3 heterocycles. The highest BCUT2D eigenvalue weighted by Crippen LogP contribution is 2.45. The average molecular weight is 458 g/mol. The van der Waals surface area contributed by atoms with Crippen LogP contribution in [0.5, 0.6) is 0 Å². The van der Waals surface area contributed by atoms with Crippen LogP contribution in [0.25, 0.3) is 21.5 Å². The van der Waals surface area contributed by atoms with Crippen molar-refractivity contribution in [3.63, 3.8) is 0 Å². The number of benzene rings is 3. The summed E-state index contributed by atoms with van der Waals surface area (Å²) in [6.07, 6.45) is 4.35. The number of ether oxygens (including phenoxy) is 1. The Morgan fingerprint density at radius 2 is 1.50 bits per heavy atom. The van der Waals surface area contributed by atoms with Gasteiger partial charge in [0.25, 0.3) is 0 Å². The Morgan fingerprint density at radius 1 is 0.853 bits per heavy atom. The van der Waals surface area contributed by atoms with Crippen molar-refractivity contribution in [3.8, 4) is 0 Å². The van der Waals surface area contributed by atoms with Gasteiger partial charge in [0.15, 0.2) is 0 Å². The highest BCUT2D eigenvalue weighted by molar-refractivity contribution is 6.03. The van der Waals surface area contributed by atoms with E-state index in [0.29, 0.717) is 38.3 Å². The molecule has 34 heavy (non-hydrogen) atoms. The predicted octanol–water partition coefficient (Wildman–Crippen LogP) is 4.36. The smallest absolute Gasteiger partial charge is 0.227 e. The van der Waals surface area contributed by atoms with Gasteiger partial charge in [0.1, 0.15) is 0 Å². The Morgan fingerprint density at radius 3 is 2.18 bits per heavy atom. The van der Waals surface area contributed by atoms with Crippen molar-refractivity contribution >= 4 is 27.5 Å². The van der Waals surface area contributed by atoms with Crippen LogP contribution >= 0.6 is 0 Å². The van der Waals surface area contributed by atoms with Crippen molar-refractivity contribution in [2.24, 2.45) is 5.92 Å². The second kappa shape index (κ2) is 9.65. The summed E-state index contributed by atoms with van der Waals surface area (Å²) in [4.78, 5) is 18.9. The molecular weight excluding hydrogens is 422 g/mol. The second-order valence-electron chi connectivity index (χ2n) is 10.1. The molecule has 3 aromatic rings. The molecule has 2 atom stereocenters. The van der Waals surface area contributed by atoms with Gasteiger partial charge >= 0.3 is 0 Å². The molecule has 0 radical (unpaired) electrons. The normalized spacial score (nSPS) is 25.1. The fourth-order valence-corrected chi connectivity index (χ4v) is 6.58. The number of rotatable bonds is 3. The minimum absolute atomic E-state index is 0.0176. The number of amides is 1. The quantitative estimate of drug-likeness (QED) is 0.594. The first-order chi connectivity index (χ1) is 16.8. The second-order valence-corrected chi connectivity index (χ2v) is 10.1. The fraction of sp³-hybridized carbons (Fsp3) is 0.483. The largest absolute Gasteiger partial charge is 0.378 e. The Hall–Kier alpha value is -2.47. The van der Waals surface area contributed by atoms with Crippen LogP contribution in [0.4, 0.5) is 0 Å². The van der Waals surface area contributed by atoms with Gasteiger partial charge in [0.2, 0.25) is 5.91 Å². The molecule has 0 spiro atoms. The number of nitrogens with zero attached hydrogens (tertiary/aromatic N) is 2. The lowest BCUT2D eigenvalue weighted by molar-refractivity contribution is -0.144. The molecule has 0 saturated carbocycles. The summed E-state index contributed by atoms with van der Waals surface area (Å²) < 4.78 is 5.57. The third kappa shape index (κ3) is 4.00. The number of carbonyl (C=O) groups is 1. The molecule has 1 N–H and O–H groups in total. The van der Waals surface area contributed by atoms with Crippen molar-refractivity contribution in [3.05, 3.63) is 60.2 Å². The topological polar surface area (TPSA) is 44.8 Å². The SMILES string of the molecule is O=C(C1CCCN(C2CCNCC2)[C@H]1c1c2ccccc2cc2ccccc12)N1CCOCC1. The van der Waals surface area contributed by atoms with Gasteiger partial charge in [0, 0.05) is 25.2 Å². The van der Waals surface area contributed by atoms with Crippen LogP contribution in [0.15, 0.2) is 54.6 Å². The van der Waals surface area contributed by atoms with Gasteiger partial charge in [-0.25, -0.2) is 0 Å². The summed E-state index contributed by atoms with van der Waals surface area (Å²) >= 11 is 0. The number of morpholine rings is 1. The first kappa shape index (κ1) is 22.0. The van der Waals surface area contributed by atoms with Gasteiger partial charge in [-0.15, -0.1) is 0 Å². The van der Waals surface area contributed by atoms with Crippen molar-refractivity contribution in [1.82, 2.24) is 15.1 Å². The summed E-state index contributed by atoms with van der Waals surface area (Å²) in [5, 5.41) is 8.67. The first-order valence-corrected chi connectivity index (χ1v) is 13.0. The summed E-state index contributed by atoms with van der Waals surface area (Å²) in [6, 6.07) is 20.5. The van der Waals surface area contributed by atoms with E-state index in [1.807, 2.05) is 0 Å². The van der Waals surface area contributed by atoms with E-state index < -0.39 is 0 Å². The highest BCUT2D eigenvalue weighted by Gasteiger charge is 2.43. The van der Waals surface area contributed by atoms with Gasteiger partial charge in [-0.2, -0.15) is 0 Å². The fourth-order valence-electron chi connectivity index (χ4n) is 6.58.